The number of H-pyrrole nitrogens is 2. The Morgan fingerprint density at radius 2 is 1.73 bits per heavy atom. The van der Waals surface area contributed by atoms with Crippen molar-refractivity contribution >= 4 is 67.2 Å². The predicted octanol–water partition coefficient (Wildman–Crippen LogP) is 2.90. The van der Waals surface area contributed by atoms with Crippen LogP contribution in [0, 0.1) is 25.7 Å². The second-order valence-electron chi connectivity index (χ2n) is 11.7. The molecule has 6 N–H and O–H groups in total. The molecule has 12 heteroatoms. The number of aromatic nitrogens is 2. The first-order valence-electron chi connectivity index (χ1n) is 14.8. The van der Waals surface area contributed by atoms with E-state index in [-0.39, 0.29) is 49.0 Å². The normalized spacial score (nSPS) is 21.6. The van der Waals surface area contributed by atoms with Gasteiger partial charge >= 0.3 is 11.9 Å². The number of carbonyl (C=O) groups is 4. The molecule has 10 nitrogen and oxygen atoms in total. The molecule has 0 bridgehead atoms. The molecule has 2 aromatic rings. The summed E-state index contributed by atoms with van der Waals surface area (Å²) in [6, 6.07) is -0.291. The van der Waals surface area contributed by atoms with Crippen LogP contribution in [0.25, 0.3) is 18.2 Å². The Kier molecular flexibility index (Phi) is 10.6. The lowest BCUT2D eigenvalue weighted by molar-refractivity contribution is -0.137. The standard InChI is InChI=1S/C33H40N4O6S2/c1-15-20(6-8-29(38)39)26(34-23(15)12-25-18(4)31(19(5)45)33(43)36-25)14-27-21(7-9-30(40)41)16(2)24(35-27)13-28-22(10-11-44)17(3)32(42)37-28/h6,13-14,17,22,25,34-35,44-45H,5,7-12H2,1-4H3,(H,36,43)(H,37,42)(H,38,39)(H,40,41)/b20-6-,26-14-,28-13-/t17-,22-,25-/m1/s1. The van der Waals surface area contributed by atoms with Crippen molar-refractivity contribution in [3.63, 3.8) is 0 Å². The number of hydrogen-bond acceptors (Lipinski definition) is 6. The molecule has 2 aliphatic rings. The Morgan fingerprint density at radius 3 is 2.33 bits per heavy atom. The molecule has 2 amide bonds. The fourth-order valence-electron chi connectivity index (χ4n) is 6.21. The van der Waals surface area contributed by atoms with Crippen LogP contribution in [-0.2, 0) is 32.0 Å². The number of carboxylic acids is 2. The number of carboxylic acid groups (broad SMARTS) is 2. The molecule has 0 spiro atoms. The third kappa shape index (κ3) is 7.33. The van der Waals surface area contributed by atoms with E-state index in [0.717, 1.165) is 45.8 Å². The third-order valence-electron chi connectivity index (χ3n) is 8.81. The van der Waals surface area contributed by atoms with Crippen LogP contribution in [0.1, 0.15) is 66.9 Å². The molecule has 240 valence electrons. The quantitative estimate of drug-likeness (QED) is 0.164. The van der Waals surface area contributed by atoms with Gasteiger partial charge < -0.3 is 30.8 Å². The number of aliphatic carboxylic acids is 2. The highest BCUT2D eigenvalue weighted by Gasteiger charge is 2.35. The van der Waals surface area contributed by atoms with Gasteiger partial charge in [0.25, 0.3) is 5.91 Å². The second kappa shape index (κ2) is 14.0. The summed E-state index contributed by atoms with van der Waals surface area (Å²) in [6.07, 6.45) is 6.59. The van der Waals surface area contributed by atoms with Crippen LogP contribution < -0.4 is 21.2 Å². The molecule has 1 saturated heterocycles. The van der Waals surface area contributed by atoms with Crippen LogP contribution in [0.5, 0.6) is 0 Å². The molecule has 0 aromatic carbocycles. The highest BCUT2D eigenvalue weighted by atomic mass is 32.1. The van der Waals surface area contributed by atoms with Crippen LogP contribution in [0.3, 0.4) is 0 Å². The molecule has 4 heterocycles. The van der Waals surface area contributed by atoms with Gasteiger partial charge in [-0.15, -0.1) is 12.6 Å². The minimum absolute atomic E-state index is 0.00717. The molecule has 0 unspecified atom stereocenters. The van der Waals surface area contributed by atoms with Gasteiger partial charge in [0.15, 0.2) is 0 Å². The zero-order valence-electron chi connectivity index (χ0n) is 25.8. The molecular formula is C33H40N4O6S2. The maximum absolute atomic E-state index is 12.6. The van der Waals surface area contributed by atoms with Gasteiger partial charge in [0.2, 0.25) is 5.91 Å². The summed E-state index contributed by atoms with van der Waals surface area (Å²) in [6.45, 7) is 11.4. The molecule has 1 fully saturated rings. The predicted molar refractivity (Wildman–Crippen MR) is 180 cm³/mol. The highest BCUT2D eigenvalue weighted by Crippen LogP contribution is 2.32. The summed E-state index contributed by atoms with van der Waals surface area (Å²) in [4.78, 5) is 55.4. The molecule has 3 atom stereocenters. The van der Waals surface area contributed by atoms with Crippen LogP contribution in [0.4, 0.5) is 0 Å². The number of thiol groups is 2. The van der Waals surface area contributed by atoms with Gasteiger partial charge in [-0.05, 0) is 79.0 Å². The largest absolute Gasteiger partial charge is 0.481 e. The molecular weight excluding hydrogens is 613 g/mol. The summed E-state index contributed by atoms with van der Waals surface area (Å²) in [5.41, 5.74) is 6.86. The first-order valence-corrected chi connectivity index (χ1v) is 15.9. The third-order valence-corrected chi connectivity index (χ3v) is 9.29. The van der Waals surface area contributed by atoms with E-state index in [4.69, 9.17) is 0 Å². The Hall–Kier alpha value is -3.90. The Bertz CT molecular complexity index is 1760. The SMILES string of the molecule is C=C(S)C1=C(C)[C@@H](Cc2[nH]c(=C\c3[nH]c(/C=C4\NC(=O)[C@H](C)[C@H]4CCS)c(C)c3CCC(=O)O)/c(=C\CC(=O)O)c2C)NC1=O. The number of amides is 2. The minimum atomic E-state index is -0.975. The first-order chi connectivity index (χ1) is 21.2. The Morgan fingerprint density at radius 1 is 1.02 bits per heavy atom. The van der Waals surface area contributed by atoms with Crippen molar-refractivity contribution < 1.29 is 29.4 Å². The summed E-state index contributed by atoms with van der Waals surface area (Å²) in [5, 5.41) is 26.3. The van der Waals surface area contributed by atoms with Gasteiger partial charge in [-0.2, -0.15) is 12.6 Å². The summed E-state index contributed by atoms with van der Waals surface area (Å²) >= 11 is 8.65. The zero-order chi connectivity index (χ0) is 33.2. The maximum atomic E-state index is 12.6. The number of nitrogens with one attached hydrogen (secondary N) is 4. The van der Waals surface area contributed by atoms with Crippen molar-refractivity contribution in [3.05, 3.63) is 72.7 Å². The van der Waals surface area contributed by atoms with Gasteiger partial charge in [0.05, 0.1) is 18.0 Å². The maximum Gasteiger partial charge on any atom is 0.307 e. The first kappa shape index (κ1) is 34.0. The van der Waals surface area contributed by atoms with Crippen molar-refractivity contribution in [1.82, 2.24) is 20.6 Å². The summed E-state index contributed by atoms with van der Waals surface area (Å²) in [5.74, 6) is -1.74. The van der Waals surface area contributed by atoms with Crippen molar-refractivity contribution in [2.24, 2.45) is 11.8 Å². The van der Waals surface area contributed by atoms with E-state index in [2.05, 4.69) is 52.4 Å². The van der Waals surface area contributed by atoms with E-state index in [0.29, 0.717) is 38.9 Å². The molecule has 2 aromatic heterocycles. The van der Waals surface area contributed by atoms with E-state index in [1.54, 1.807) is 6.08 Å². The van der Waals surface area contributed by atoms with Crippen LogP contribution in [-0.4, -0.2) is 55.7 Å². The molecule has 0 radical (unpaired) electrons. The fraction of sp³-hybridized carbons (Fsp3) is 0.394. The topological polar surface area (TPSA) is 164 Å². The Balaban J connectivity index is 1.85. The second-order valence-corrected chi connectivity index (χ2v) is 12.7. The number of aromatic amines is 2. The number of rotatable bonds is 12. The van der Waals surface area contributed by atoms with E-state index in [1.807, 2.05) is 39.8 Å². The smallest absolute Gasteiger partial charge is 0.307 e. The molecule has 0 aliphatic carbocycles. The zero-order valence-corrected chi connectivity index (χ0v) is 27.6. The van der Waals surface area contributed by atoms with E-state index in [1.165, 1.54) is 0 Å². The highest BCUT2D eigenvalue weighted by molar-refractivity contribution is 7.84. The van der Waals surface area contributed by atoms with Crippen molar-refractivity contribution in [2.45, 2.75) is 65.8 Å². The lowest BCUT2D eigenvalue weighted by Gasteiger charge is -2.12. The van der Waals surface area contributed by atoms with E-state index >= 15 is 0 Å². The van der Waals surface area contributed by atoms with E-state index < -0.39 is 11.9 Å². The van der Waals surface area contributed by atoms with Crippen LogP contribution in [0.2, 0.25) is 0 Å². The van der Waals surface area contributed by atoms with Gasteiger partial charge in [0.1, 0.15) is 0 Å². The van der Waals surface area contributed by atoms with Gasteiger partial charge in [-0.3, -0.25) is 19.2 Å². The summed E-state index contributed by atoms with van der Waals surface area (Å²) < 4.78 is 0. The van der Waals surface area contributed by atoms with E-state index in [9.17, 15) is 29.4 Å². The van der Waals surface area contributed by atoms with Gasteiger partial charge in [-0.1, -0.05) is 19.6 Å². The molecule has 2 aliphatic heterocycles. The average Bonchev–Trinajstić information content (AvgIpc) is 3.60. The van der Waals surface area contributed by atoms with Crippen LogP contribution >= 0.6 is 25.3 Å². The van der Waals surface area contributed by atoms with Crippen molar-refractivity contribution in [1.29, 1.82) is 0 Å². The Labute approximate surface area is 272 Å². The number of carbonyl (C=O) groups excluding carboxylic acids is 2. The van der Waals surface area contributed by atoms with Gasteiger partial charge in [-0.25, -0.2) is 0 Å². The minimum Gasteiger partial charge on any atom is -0.481 e. The lowest BCUT2D eigenvalue weighted by Crippen LogP contribution is -2.30. The average molecular weight is 653 g/mol. The molecule has 0 saturated carbocycles. The van der Waals surface area contributed by atoms with Crippen molar-refractivity contribution in [3.8, 4) is 0 Å². The van der Waals surface area contributed by atoms with Crippen molar-refractivity contribution in [2.75, 3.05) is 5.75 Å². The molecule has 45 heavy (non-hydrogen) atoms. The van der Waals surface area contributed by atoms with Gasteiger partial charge in [0, 0.05) is 57.7 Å². The number of allylic oxidation sites excluding steroid dienone is 1. The monoisotopic (exact) mass is 652 g/mol. The fourth-order valence-corrected chi connectivity index (χ4v) is 6.76. The summed E-state index contributed by atoms with van der Waals surface area (Å²) in [7, 11) is 0. The lowest BCUT2D eigenvalue weighted by atomic mass is 9.91. The number of hydrogen-bond donors (Lipinski definition) is 8. The van der Waals surface area contributed by atoms with Crippen LogP contribution in [0.15, 0.2) is 28.3 Å². The molecule has 4 rings (SSSR count).